The monoisotopic (exact) mass is 260 g/mol. The minimum absolute atomic E-state index is 0.221. The third-order valence-electron chi connectivity index (χ3n) is 2.60. The Morgan fingerprint density at radius 2 is 2.29 bits per heavy atom. The molecule has 0 bridgehead atoms. The molecule has 17 heavy (non-hydrogen) atoms. The molecule has 1 heterocycles. The topological polar surface area (TPSA) is 55.6 Å². The Kier molecular flexibility index (Phi) is 4.54. The highest BCUT2D eigenvalue weighted by molar-refractivity contribution is 6.18. The molecule has 0 aliphatic rings. The van der Waals surface area contributed by atoms with Crippen LogP contribution in [0.4, 0.5) is 0 Å². The molecule has 5 nitrogen and oxygen atoms in total. The zero-order valence-corrected chi connectivity index (χ0v) is 11.2. The molecule has 0 aliphatic carbocycles. The Morgan fingerprint density at radius 3 is 2.82 bits per heavy atom. The summed E-state index contributed by atoms with van der Waals surface area (Å²) >= 11 is 5.82. The summed E-state index contributed by atoms with van der Waals surface area (Å²) < 4.78 is 9.86. The van der Waals surface area contributed by atoms with Crippen LogP contribution in [0.25, 0.3) is 0 Å². The predicted octanol–water partition coefficient (Wildman–Crippen LogP) is 1.91. The van der Waals surface area contributed by atoms with Gasteiger partial charge in [-0.15, -0.1) is 11.6 Å². The largest absolute Gasteiger partial charge is 0.377 e. The van der Waals surface area contributed by atoms with E-state index < -0.39 is 5.54 Å². The Labute approximate surface area is 106 Å². The predicted molar refractivity (Wildman–Crippen MR) is 64.1 cm³/mol. The minimum Gasteiger partial charge on any atom is -0.377 e. The maximum absolute atomic E-state index is 12.1. The van der Waals surface area contributed by atoms with Crippen molar-refractivity contribution >= 4 is 17.5 Å². The van der Waals surface area contributed by atoms with Gasteiger partial charge in [0.05, 0.1) is 5.54 Å². The zero-order valence-electron chi connectivity index (χ0n) is 10.5. The summed E-state index contributed by atoms with van der Waals surface area (Å²) in [4.78, 5) is 13.6. The molecule has 0 unspecified atom stereocenters. The second-order valence-electron chi connectivity index (χ2n) is 4.42. The van der Waals surface area contributed by atoms with Gasteiger partial charge >= 0.3 is 0 Å². The standard InChI is InChI=1S/C11H17ClN2O3/c1-11(2,7-12)14(3)10(15)9-5-8(6-16-4)17-13-9/h5H,6-7H2,1-4H3. The number of methoxy groups -OCH3 is 1. The summed E-state index contributed by atoms with van der Waals surface area (Å²) in [5, 5.41) is 3.71. The maximum Gasteiger partial charge on any atom is 0.276 e. The van der Waals surface area contributed by atoms with Crippen molar-refractivity contribution in [2.75, 3.05) is 20.0 Å². The Balaban J connectivity index is 2.81. The van der Waals surface area contributed by atoms with Crippen LogP contribution in [0.1, 0.15) is 30.1 Å². The number of hydrogen-bond acceptors (Lipinski definition) is 4. The number of carbonyl (C=O) groups excluding carboxylic acids is 1. The van der Waals surface area contributed by atoms with E-state index in [-0.39, 0.29) is 11.6 Å². The first-order chi connectivity index (χ1) is 7.92. The number of alkyl halides is 1. The van der Waals surface area contributed by atoms with Crippen LogP contribution in [0.15, 0.2) is 10.6 Å². The Bertz CT molecular complexity index is 390. The van der Waals surface area contributed by atoms with Gasteiger partial charge in [0.25, 0.3) is 5.91 Å². The van der Waals surface area contributed by atoms with Crippen molar-refractivity contribution in [2.24, 2.45) is 0 Å². The third-order valence-corrected chi connectivity index (χ3v) is 3.26. The van der Waals surface area contributed by atoms with Gasteiger partial charge in [0.15, 0.2) is 11.5 Å². The van der Waals surface area contributed by atoms with Crippen LogP contribution in [0.5, 0.6) is 0 Å². The maximum atomic E-state index is 12.1. The quantitative estimate of drug-likeness (QED) is 0.759. The molecule has 96 valence electrons. The van der Waals surface area contributed by atoms with Crippen molar-refractivity contribution < 1.29 is 14.1 Å². The van der Waals surface area contributed by atoms with Crippen LogP contribution in [0.2, 0.25) is 0 Å². The summed E-state index contributed by atoms with van der Waals surface area (Å²) in [6.07, 6.45) is 0. The number of carbonyl (C=O) groups is 1. The lowest BCUT2D eigenvalue weighted by molar-refractivity contribution is 0.0649. The van der Waals surface area contributed by atoms with Gasteiger partial charge in [-0.3, -0.25) is 4.79 Å². The lowest BCUT2D eigenvalue weighted by Crippen LogP contribution is -2.46. The van der Waals surface area contributed by atoms with Gasteiger partial charge in [-0.1, -0.05) is 5.16 Å². The lowest BCUT2D eigenvalue weighted by atomic mass is 10.1. The molecule has 1 rings (SSSR count). The number of ether oxygens (including phenoxy) is 1. The van der Waals surface area contributed by atoms with Gasteiger partial charge in [0, 0.05) is 26.1 Å². The first kappa shape index (κ1) is 14.0. The van der Waals surface area contributed by atoms with E-state index in [9.17, 15) is 4.79 Å². The summed E-state index contributed by atoms with van der Waals surface area (Å²) in [5.74, 6) is 0.646. The third kappa shape index (κ3) is 3.20. The lowest BCUT2D eigenvalue weighted by Gasteiger charge is -2.33. The zero-order chi connectivity index (χ0) is 13.1. The van der Waals surface area contributed by atoms with Crippen LogP contribution in [-0.4, -0.2) is 41.5 Å². The average Bonchev–Trinajstić information content (AvgIpc) is 2.76. The van der Waals surface area contributed by atoms with Crippen molar-refractivity contribution in [1.82, 2.24) is 10.1 Å². The van der Waals surface area contributed by atoms with Gasteiger partial charge in [-0.05, 0) is 13.8 Å². The van der Waals surface area contributed by atoms with Gasteiger partial charge in [-0.25, -0.2) is 0 Å². The van der Waals surface area contributed by atoms with E-state index in [1.807, 2.05) is 13.8 Å². The van der Waals surface area contributed by atoms with Crippen LogP contribution in [0.3, 0.4) is 0 Å². The molecule has 0 saturated carbocycles. The molecule has 1 aromatic heterocycles. The van der Waals surface area contributed by atoms with Crippen LogP contribution in [-0.2, 0) is 11.3 Å². The fourth-order valence-corrected chi connectivity index (χ4v) is 1.34. The van der Waals surface area contributed by atoms with Crippen LogP contribution < -0.4 is 0 Å². The van der Waals surface area contributed by atoms with Gasteiger partial charge in [0.2, 0.25) is 0 Å². The molecule has 0 fully saturated rings. The fraction of sp³-hybridized carbons (Fsp3) is 0.636. The molecular formula is C11H17ClN2O3. The van der Waals surface area contributed by atoms with E-state index in [2.05, 4.69) is 5.16 Å². The molecule has 0 aromatic carbocycles. The molecule has 0 atom stereocenters. The van der Waals surface area contributed by atoms with Crippen LogP contribution >= 0.6 is 11.6 Å². The van der Waals surface area contributed by atoms with Crippen molar-refractivity contribution in [3.63, 3.8) is 0 Å². The Morgan fingerprint density at radius 1 is 1.65 bits per heavy atom. The average molecular weight is 261 g/mol. The van der Waals surface area contributed by atoms with Crippen LogP contribution in [0, 0.1) is 0 Å². The van der Waals surface area contributed by atoms with E-state index in [4.69, 9.17) is 20.9 Å². The first-order valence-corrected chi connectivity index (χ1v) is 5.74. The van der Waals surface area contributed by atoms with E-state index in [1.54, 1.807) is 25.1 Å². The SMILES string of the molecule is COCc1cc(C(=O)N(C)C(C)(C)CCl)no1. The van der Waals surface area contributed by atoms with Gasteiger partial charge < -0.3 is 14.2 Å². The summed E-state index contributed by atoms with van der Waals surface area (Å²) in [6.45, 7) is 4.06. The number of amides is 1. The second kappa shape index (κ2) is 5.51. The number of hydrogen-bond donors (Lipinski definition) is 0. The number of rotatable bonds is 5. The molecule has 6 heteroatoms. The van der Waals surface area contributed by atoms with Crippen molar-refractivity contribution in [3.05, 3.63) is 17.5 Å². The summed E-state index contributed by atoms with van der Waals surface area (Å²) in [7, 11) is 3.24. The fourth-order valence-electron chi connectivity index (χ4n) is 1.16. The molecule has 1 aromatic rings. The smallest absolute Gasteiger partial charge is 0.276 e. The van der Waals surface area contributed by atoms with Crippen molar-refractivity contribution in [3.8, 4) is 0 Å². The number of halogens is 1. The highest BCUT2D eigenvalue weighted by Gasteiger charge is 2.29. The first-order valence-electron chi connectivity index (χ1n) is 5.21. The minimum atomic E-state index is -0.432. The van der Waals surface area contributed by atoms with Gasteiger partial charge in [-0.2, -0.15) is 0 Å². The molecule has 1 amide bonds. The molecule has 0 aliphatic heterocycles. The normalized spacial score (nSPS) is 11.6. The van der Waals surface area contributed by atoms with Gasteiger partial charge in [0.1, 0.15) is 6.61 Å². The Hall–Kier alpha value is -1.07. The van der Waals surface area contributed by atoms with E-state index >= 15 is 0 Å². The molecule has 0 saturated heterocycles. The van der Waals surface area contributed by atoms with E-state index in [0.29, 0.717) is 18.2 Å². The van der Waals surface area contributed by atoms with E-state index in [1.165, 1.54) is 0 Å². The summed E-state index contributed by atoms with van der Waals surface area (Å²) in [5.41, 5.74) is -0.170. The molecule has 0 spiro atoms. The van der Waals surface area contributed by atoms with Crippen molar-refractivity contribution in [1.29, 1.82) is 0 Å². The molecular weight excluding hydrogens is 244 g/mol. The van der Waals surface area contributed by atoms with E-state index in [0.717, 1.165) is 0 Å². The number of aromatic nitrogens is 1. The highest BCUT2D eigenvalue weighted by atomic mass is 35.5. The van der Waals surface area contributed by atoms with Crippen molar-refractivity contribution in [2.45, 2.75) is 26.0 Å². The molecule has 0 radical (unpaired) electrons. The highest BCUT2D eigenvalue weighted by Crippen LogP contribution is 2.17. The summed E-state index contributed by atoms with van der Waals surface area (Å²) in [6, 6.07) is 1.58. The number of nitrogens with zero attached hydrogens (tertiary/aromatic N) is 2. The molecule has 0 N–H and O–H groups in total. The second-order valence-corrected chi connectivity index (χ2v) is 4.69.